The van der Waals surface area contributed by atoms with Gasteiger partial charge in [0.2, 0.25) is 5.91 Å². The second kappa shape index (κ2) is 7.98. The van der Waals surface area contributed by atoms with Crippen molar-refractivity contribution < 1.29 is 9.59 Å². The van der Waals surface area contributed by atoms with Crippen LogP contribution in [0.1, 0.15) is 39.0 Å². The lowest BCUT2D eigenvalue weighted by atomic mass is 10.0. The van der Waals surface area contributed by atoms with Crippen LogP contribution in [0.3, 0.4) is 0 Å². The lowest BCUT2D eigenvalue weighted by Crippen LogP contribution is -2.56. The Morgan fingerprint density at radius 3 is 2.77 bits per heavy atom. The van der Waals surface area contributed by atoms with E-state index >= 15 is 0 Å². The number of carbonyl (C=O) groups is 2. The van der Waals surface area contributed by atoms with Gasteiger partial charge in [0, 0.05) is 18.5 Å². The number of nitrogens with one attached hydrogen (secondary N) is 2. The zero-order chi connectivity index (χ0) is 15.9. The van der Waals surface area contributed by atoms with E-state index in [0.29, 0.717) is 6.42 Å². The third kappa shape index (κ3) is 4.10. The first-order valence-corrected chi connectivity index (χ1v) is 8.02. The van der Waals surface area contributed by atoms with Crippen LogP contribution < -0.4 is 16.4 Å². The number of dihydropyridines is 1. The minimum Gasteiger partial charge on any atom is -0.364 e. The van der Waals surface area contributed by atoms with Crippen molar-refractivity contribution in [1.82, 2.24) is 15.5 Å². The molecule has 0 aromatic heterocycles. The number of carbonyl (C=O) groups excluding carboxylic acids is 2. The molecule has 0 spiro atoms. The number of rotatable bonds is 6. The minimum atomic E-state index is -0.555. The van der Waals surface area contributed by atoms with E-state index in [1.54, 1.807) is 6.08 Å². The first-order chi connectivity index (χ1) is 10.6. The molecule has 6 heteroatoms. The molecule has 22 heavy (non-hydrogen) atoms. The van der Waals surface area contributed by atoms with Crippen LogP contribution in [0.15, 0.2) is 17.8 Å². The average molecular weight is 305 g/mol. The Morgan fingerprint density at radius 2 is 2.14 bits per heavy atom. The summed E-state index contributed by atoms with van der Waals surface area (Å²) in [6, 6.07) is 0.181. The molecule has 1 fully saturated rings. The van der Waals surface area contributed by atoms with E-state index in [0.717, 1.165) is 38.8 Å². The number of hydrogen-bond acceptors (Lipinski definition) is 4. The van der Waals surface area contributed by atoms with Crippen molar-refractivity contribution in [3.8, 4) is 0 Å². The van der Waals surface area contributed by atoms with Crippen molar-refractivity contribution >= 4 is 11.8 Å². The quantitative estimate of drug-likeness (QED) is 0.663. The van der Waals surface area contributed by atoms with Gasteiger partial charge in [0.25, 0.3) is 5.91 Å². The van der Waals surface area contributed by atoms with Crippen LogP contribution in [0.25, 0.3) is 0 Å². The van der Waals surface area contributed by atoms with Crippen LogP contribution in [-0.4, -0.2) is 42.0 Å². The number of primary amides is 1. The van der Waals surface area contributed by atoms with Gasteiger partial charge in [-0.1, -0.05) is 19.4 Å². The summed E-state index contributed by atoms with van der Waals surface area (Å²) in [4.78, 5) is 25.9. The fourth-order valence-electron chi connectivity index (χ4n) is 2.89. The van der Waals surface area contributed by atoms with Crippen molar-refractivity contribution in [1.29, 1.82) is 0 Å². The van der Waals surface area contributed by atoms with Crippen LogP contribution in [0.4, 0.5) is 0 Å². The normalized spacial score (nSPS) is 21.9. The molecule has 0 aliphatic carbocycles. The van der Waals surface area contributed by atoms with Gasteiger partial charge < -0.3 is 21.3 Å². The largest absolute Gasteiger partial charge is 0.364 e. The Hall–Kier alpha value is -1.82. The second-order valence-electron chi connectivity index (χ2n) is 5.72. The molecular weight excluding hydrogens is 280 g/mol. The number of amides is 2. The molecule has 1 unspecified atom stereocenters. The lowest BCUT2D eigenvalue weighted by molar-refractivity contribution is -0.136. The molecule has 0 aromatic rings. The Balaban J connectivity index is 2.13. The van der Waals surface area contributed by atoms with Crippen LogP contribution in [0.2, 0.25) is 0 Å². The van der Waals surface area contributed by atoms with Crippen LogP contribution in [0, 0.1) is 6.08 Å². The summed E-state index contributed by atoms with van der Waals surface area (Å²) >= 11 is 0. The monoisotopic (exact) mass is 305 g/mol. The topological polar surface area (TPSA) is 87.5 Å². The molecule has 121 valence electrons. The highest BCUT2D eigenvalue weighted by atomic mass is 16.2. The van der Waals surface area contributed by atoms with Gasteiger partial charge in [-0.05, 0) is 38.4 Å². The van der Waals surface area contributed by atoms with Crippen molar-refractivity contribution in [2.75, 3.05) is 13.1 Å². The predicted molar refractivity (Wildman–Crippen MR) is 84.3 cm³/mol. The van der Waals surface area contributed by atoms with E-state index in [9.17, 15) is 9.59 Å². The van der Waals surface area contributed by atoms with Crippen molar-refractivity contribution in [2.45, 2.75) is 51.2 Å². The number of hydrogen-bond donors (Lipinski definition) is 3. The van der Waals surface area contributed by atoms with Crippen molar-refractivity contribution in [3.63, 3.8) is 0 Å². The molecule has 1 saturated heterocycles. The number of allylic oxidation sites excluding steroid dienone is 2. The molecule has 2 heterocycles. The molecule has 4 N–H and O–H groups in total. The number of nitrogens with two attached hydrogens (primary N) is 1. The molecule has 0 aromatic carbocycles. The van der Waals surface area contributed by atoms with Crippen molar-refractivity contribution in [2.24, 2.45) is 5.73 Å². The van der Waals surface area contributed by atoms with Gasteiger partial charge >= 0.3 is 0 Å². The maximum atomic E-state index is 12.7. The Labute approximate surface area is 131 Å². The minimum absolute atomic E-state index is 0.127. The van der Waals surface area contributed by atoms with Gasteiger partial charge in [0.1, 0.15) is 11.9 Å². The summed E-state index contributed by atoms with van der Waals surface area (Å²) in [6.07, 6.45) is 10.2. The number of piperidine rings is 1. The van der Waals surface area contributed by atoms with E-state index in [-0.39, 0.29) is 23.8 Å². The number of unbranched alkanes of at least 4 members (excludes halogenated alkanes) is 1. The van der Waals surface area contributed by atoms with E-state index < -0.39 is 5.91 Å². The van der Waals surface area contributed by atoms with E-state index in [1.165, 1.54) is 0 Å². The van der Waals surface area contributed by atoms with Crippen LogP contribution in [-0.2, 0) is 9.59 Å². The Kier molecular flexibility index (Phi) is 6.00. The van der Waals surface area contributed by atoms with Gasteiger partial charge in [-0.2, -0.15) is 0 Å². The van der Waals surface area contributed by atoms with Crippen molar-refractivity contribution in [3.05, 3.63) is 23.9 Å². The predicted octanol–water partition coefficient (Wildman–Crippen LogP) is 0.415. The van der Waals surface area contributed by atoms with Crippen LogP contribution in [0.5, 0.6) is 0 Å². The van der Waals surface area contributed by atoms with Gasteiger partial charge in [0.05, 0.1) is 0 Å². The average Bonchev–Trinajstić information content (AvgIpc) is 2.54. The maximum Gasteiger partial charge on any atom is 0.265 e. The zero-order valence-electron chi connectivity index (χ0n) is 13.1. The molecule has 2 amide bonds. The van der Waals surface area contributed by atoms with E-state index in [1.807, 2.05) is 11.0 Å². The first-order valence-electron chi connectivity index (χ1n) is 8.02. The lowest BCUT2D eigenvalue weighted by Gasteiger charge is -2.40. The molecule has 2 aliphatic rings. The molecule has 2 rings (SSSR count). The van der Waals surface area contributed by atoms with E-state index in [4.69, 9.17) is 5.73 Å². The number of nitrogens with zero attached hydrogens (tertiary/aromatic N) is 1. The second-order valence-corrected chi connectivity index (χ2v) is 5.72. The summed E-state index contributed by atoms with van der Waals surface area (Å²) in [5, 5.41) is 6.35. The standard InChI is InChI=1S/C16H25N4O2/c1-2-3-7-15(21)20(12-8-10-18-11-9-12)14-6-4-5-13(19-14)16(17)22/h4,6,12,14,18-19H,2-3,7-11H2,1H3,(H2,17,22). The third-order valence-corrected chi connectivity index (χ3v) is 4.08. The highest BCUT2D eigenvalue weighted by Crippen LogP contribution is 2.19. The smallest absolute Gasteiger partial charge is 0.265 e. The molecule has 0 saturated carbocycles. The van der Waals surface area contributed by atoms with Crippen LogP contribution >= 0.6 is 0 Å². The van der Waals surface area contributed by atoms with Gasteiger partial charge in [-0.3, -0.25) is 9.59 Å². The molecule has 1 radical (unpaired) electrons. The fourth-order valence-corrected chi connectivity index (χ4v) is 2.89. The summed E-state index contributed by atoms with van der Waals surface area (Å²) < 4.78 is 0. The van der Waals surface area contributed by atoms with E-state index in [2.05, 4.69) is 23.6 Å². The molecule has 0 bridgehead atoms. The summed E-state index contributed by atoms with van der Waals surface area (Å²) in [5.41, 5.74) is 5.55. The SMILES string of the molecule is CCCCC(=O)N(C1CCNCC1)C1C=C[C]=C(C(N)=O)N1. The summed E-state index contributed by atoms with van der Waals surface area (Å²) in [5.74, 6) is -0.428. The maximum absolute atomic E-state index is 12.7. The Morgan fingerprint density at radius 1 is 1.41 bits per heavy atom. The first kappa shape index (κ1) is 16.5. The molecule has 2 aliphatic heterocycles. The van der Waals surface area contributed by atoms with Gasteiger partial charge in [-0.25, -0.2) is 0 Å². The third-order valence-electron chi connectivity index (χ3n) is 4.08. The zero-order valence-corrected chi connectivity index (χ0v) is 13.1. The van der Waals surface area contributed by atoms with Gasteiger partial charge in [-0.15, -0.1) is 0 Å². The highest BCUT2D eigenvalue weighted by molar-refractivity contribution is 5.91. The molecule has 1 atom stereocenters. The molecular formula is C16H25N4O2. The summed E-state index contributed by atoms with van der Waals surface area (Å²) in [6.45, 7) is 3.89. The molecule has 6 nitrogen and oxygen atoms in total. The van der Waals surface area contributed by atoms with Gasteiger partial charge in [0.15, 0.2) is 0 Å². The summed E-state index contributed by atoms with van der Waals surface area (Å²) in [7, 11) is 0. The highest BCUT2D eigenvalue weighted by Gasteiger charge is 2.31. The fraction of sp³-hybridized carbons (Fsp3) is 0.625. The Bertz CT molecular complexity index is 467.